The Morgan fingerprint density at radius 1 is 0.720 bits per heavy atom. The number of nitrogens with zero attached hydrogens (tertiary/aromatic N) is 1. The van der Waals surface area contributed by atoms with Crippen LogP contribution in [-0.4, -0.2) is 12.1 Å². The van der Waals surface area contributed by atoms with E-state index < -0.39 is 0 Å². The summed E-state index contributed by atoms with van der Waals surface area (Å²) in [5, 5.41) is 1.16. The number of fused-ring (bicyclic) bond motifs is 1. The van der Waals surface area contributed by atoms with Gasteiger partial charge in [-0.25, -0.2) is 0 Å². The fourth-order valence-electron chi connectivity index (χ4n) is 3.14. The van der Waals surface area contributed by atoms with Gasteiger partial charge >= 0.3 is 0 Å². The largest absolute Gasteiger partial charge is 0.497 e. The molecule has 0 amide bonds. The van der Waals surface area contributed by atoms with Gasteiger partial charge in [-0.1, -0.05) is 48.5 Å². The smallest absolute Gasteiger partial charge is 0.118 e. The molecule has 0 aliphatic carbocycles. The van der Waals surface area contributed by atoms with Crippen LogP contribution in [0.25, 0.3) is 33.2 Å². The highest BCUT2D eigenvalue weighted by Gasteiger charge is 2.09. The van der Waals surface area contributed by atoms with E-state index in [4.69, 9.17) is 9.72 Å². The molecule has 0 aliphatic rings. The Labute approximate surface area is 147 Å². The Hall–Kier alpha value is -3.13. The molecular formula is C23H19NO. The average molecular weight is 325 g/mol. The van der Waals surface area contributed by atoms with E-state index >= 15 is 0 Å². The summed E-state index contributed by atoms with van der Waals surface area (Å²) in [6.45, 7) is 2.03. The van der Waals surface area contributed by atoms with Crippen LogP contribution in [0.1, 0.15) is 5.69 Å². The van der Waals surface area contributed by atoms with Gasteiger partial charge in [0.1, 0.15) is 5.75 Å². The summed E-state index contributed by atoms with van der Waals surface area (Å²) < 4.78 is 5.29. The minimum absolute atomic E-state index is 0.862. The monoisotopic (exact) mass is 325 g/mol. The number of aromatic nitrogens is 1. The normalized spacial score (nSPS) is 10.8. The van der Waals surface area contributed by atoms with E-state index in [1.165, 1.54) is 16.7 Å². The minimum Gasteiger partial charge on any atom is -0.497 e. The molecule has 0 radical (unpaired) electrons. The molecule has 0 fully saturated rings. The average Bonchev–Trinajstić information content (AvgIpc) is 2.67. The van der Waals surface area contributed by atoms with Crippen molar-refractivity contribution in [2.24, 2.45) is 0 Å². The molecule has 4 rings (SSSR count). The lowest BCUT2D eigenvalue weighted by Crippen LogP contribution is -1.90. The first-order valence-electron chi connectivity index (χ1n) is 8.36. The van der Waals surface area contributed by atoms with Crippen molar-refractivity contribution in [1.29, 1.82) is 0 Å². The van der Waals surface area contributed by atoms with Crippen molar-refractivity contribution < 1.29 is 4.74 Å². The standard InChI is InChI=1S/C23H19NO/c1-16-8-13-21-22(18-9-11-20(25-2)12-10-18)14-19(15-23(21)24-16)17-6-4-3-5-7-17/h3-15H,1-2H3. The highest BCUT2D eigenvalue weighted by atomic mass is 16.5. The molecule has 1 heterocycles. The summed E-state index contributed by atoms with van der Waals surface area (Å²) in [6.07, 6.45) is 0. The van der Waals surface area contributed by atoms with Crippen LogP contribution in [0.4, 0.5) is 0 Å². The number of rotatable bonds is 3. The lowest BCUT2D eigenvalue weighted by atomic mass is 9.95. The van der Waals surface area contributed by atoms with E-state index in [0.29, 0.717) is 0 Å². The molecule has 0 spiro atoms. The van der Waals surface area contributed by atoms with Gasteiger partial charge in [-0.2, -0.15) is 0 Å². The van der Waals surface area contributed by atoms with Gasteiger partial charge < -0.3 is 4.74 Å². The lowest BCUT2D eigenvalue weighted by molar-refractivity contribution is 0.415. The predicted molar refractivity (Wildman–Crippen MR) is 104 cm³/mol. The Kier molecular flexibility index (Phi) is 3.95. The molecule has 2 heteroatoms. The number of aryl methyl sites for hydroxylation is 1. The van der Waals surface area contributed by atoms with Crippen LogP contribution in [0.3, 0.4) is 0 Å². The highest BCUT2D eigenvalue weighted by Crippen LogP contribution is 2.34. The van der Waals surface area contributed by atoms with E-state index in [0.717, 1.165) is 27.9 Å². The first-order chi connectivity index (χ1) is 12.2. The maximum atomic E-state index is 5.29. The van der Waals surface area contributed by atoms with Crippen molar-refractivity contribution in [1.82, 2.24) is 4.98 Å². The van der Waals surface area contributed by atoms with Crippen molar-refractivity contribution in [2.75, 3.05) is 7.11 Å². The van der Waals surface area contributed by atoms with Crippen molar-refractivity contribution in [3.63, 3.8) is 0 Å². The number of benzene rings is 3. The lowest BCUT2D eigenvalue weighted by Gasteiger charge is -2.12. The first-order valence-corrected chi connectivity index (χ1v) is 8.36. The van der Waals surface area contributed by atoms with Crippen molar-refractivity contribution >= 4 is 10.9 Å². The minimum atomic E-state index is 0.862. The molecule has 1 aromatic heterocycles. The number of methoxy groups -OCH3 is 1. The van der Waals surface area contributed by atoms with Gasteiger partial charge in [0.15, 0.2) is 0 Å². The van der Waals surface area contributed by atoms with Crippen LogP contribution in [-0.2, 0) is 0 Å². The molecule has 0 unspecified atom stereocenters. The van der Waals surface area contributed by atoms with Crippen LogP contribution in [0, 0.1) is 6.92 Å². The van der Waals surface area contributed by atoms with Gasteiger partial charge in [0.25, 0.3) is 0 Å². The second kappa shape index (κ2) is 6.40. The molecule has 0 atom stereocenters. The topological polar surface area (TPSA) is 22.1 Å². The van der Waals surface area contributed by atoms with Crippen molar-refractivity contribution in [3.05, 3.63) is 84.6 Å². The van der Waals surface area contributed by atoms with Crippen LogP contribution < -0.4 is 4.74 Å². The molecule has 0 saturated carbocycles. The Balaban J connectivity index is 1.97. The zero-order chi connectivity index (χ0) is 17.2. The summed E-state index contributed by atoms with van der Waals surface area (Å²) in [4.78, 5) is 4.76. The zero-order valence-corrected chi connectivity index (χ0v) is 14.4. The van der Waals surface area contributed by atoms with E-state index in [2.05, 4.69) is 60.7 Å². The summed E-state index contributed by atoms with van der Waals surface area (Å²) >= 11 is 0. The molecule has 0 bridgehead atoms. The third kappa shape index (κ3) is 2.99. The van der Waals surface area contributed by atoms with Gasteiger partial charge in [0, 0.05) is 11.1 Å². The third-order valence-electron chi connectivity index (χ3n) is 4.45. The second-order valence-electron chi connectivity index (χ2n) is 6.14. The summed E-state index contributed by atoms with van der Waals surface area (Å²) in [6, 6.07) is 27.3. The zero-order valence-electron chi connectivity index (χ0n) is 14.4. The van der Waals surface area contributed by atoms with Crippen LogP contribution in [0.15, 0.2) is 78.9 Å². The molecule has 0 aliphatic heterocycles. The third-order valence-corrected chi connectivity index (χ3v) is 4.45. The van der Waals surface area contributed by atoms with Gasteiger partial charge in [-0.3, -0.25) is 4.98 Å². The fourth-order valence-corrected chi connectivity index (χ4v) is 3.14. The van der Waals surface area contributed by atoms with E-state index in [1.807, 2.05) is 25.1 Å². The summed E-state index contributed by atoms with van der Waals surface area (Å²) in [7, 11) is 1.69. The predicted octanol–water partition coefficient (Wildman–Crippen LogP) is 5.89. The van der Waals surface area contributed by atoms with Crippen LogP contribution in [0.2, 0.25) is 0 Å². The maximum Gasteiger partial charge on any atom is 0.118 e. The van der Waals surface area contributed by atoms with Gasteiger partial charge in [-0.05, 0) is 59.5 Å². The first kappa shape index (κ1) is 15.4. The van der Waals surface area contributed by atoms with Gasteiger partial charge in [0.2, 0.25) is 0 Å². The quantitative estimate of drug-likeness (QED) is 0.469. The number of hydrogen-bond donors (Lipinski definition) is 0. The molecule has 2 nitrogen and oxygen atoms in total. The molecule has 0 saturated heterocycles. The number of hydrogen-bond acceptors (Lipinski definition) is 2. The summed E-state index contributed by atoms with van der Waals surface area (Å²) in [5.74, 6) is 0.862. The fraction of sp³-hybridized carbons (Fsp3) is 0.0870. The van der Waals surface area contributed by atoms with E-state index in [1.54, 1.807) is 7.11 Å². The van der Waals surface area contributed by atoms with Crippen molar-refractivity contribution in [2.45, 2.75) is 6.92 Å². The molecule has 122 valence electrons. The molecular weight excluding hydrogens is 306 g/mol. The van der Waals surface area contributed by atoms with E-state index in [9.17, 15) is 0 Å². The Morgan fingerprint density at radius 3 is 2.20 bits per heavy atom. The Bertz CT molecular complexity index is 1020. The van der Waals surface area contributed by atoms with Crippen LogP contribution >= 0.6 is 0 Å². The van der Waals surface area contributed by atoms with Gasteiger partial charge in [0.05, 0.1) is 12.6 Å². The van der Waals surface area contributed by atoms with Crippen molar-refractivity contribution in [3.8, 4) is 28.0 Å². The molecule has 4 aromatic rings. The van der Waals surface area contributed by atoms with Crippen LogP contribution in [0.5, 0.6) is 5.75 Å². The second-order valence-corrected chi connectivity index (χ2v) is 6.14. The maximum absolute atomic E-state index is 5.29. The van der Waals surface area contributed by atoms with E-state index in [-0.39, 0.29) is 0 Å². The van der Waals surface area contributed by atoms with Gasteiger partial charge in [-0.15, -0.1) is 0 Å². The molecule has 0 N–H and O–H groups in total. The number of ether oxygens (including phenoxy) is 1. The molecule has 25 heavy (non-hydrogen) atoms. The summed E-state index contributed by atoms with van der Waals surface area (Å²) in [5.41, 5.74) is 6.77. The SMILES string of the molecule is COc1ccc(-c2cc(-c3ccccc3)cc3nc(C)ccc23)cc1. The molecule has 3 aromatic carbocycles. The number of pyridine rings is 1. The Morgan fingerprint density at radius 2 is 1.48 bits per heavy atom. The highest BCUT2D eigenvalue weighted by molar-refractivity contribution is 5.98.